The van der Waals surface area contributed by atoms with Crippen molar-refractivity contribution in [2.24, 2.45) is 0 Å². The van der Waals surface area contributed by atoms with E-state index in [1.165, 1.54) is 38.5 Å². The van der Waals surface area contributed by atoms with Crippen LogP contribution in [0.3, 0.4) is 0 Å². The molecule has 1 saturated heterocycles. The van der Waals surface area contributed by atoms with Crippen LogP contribution in [0.1, 0.15) is 48.3 Å². The molecule has 4 heteroatoms. The van der Waals surface area contributed by atoms with E-state index in [0.29, 0.717) is 0 Å². The fourth-order valence-electron chi connectivity index (χ4n) is 6.28. The Morgan fingerprint density at radius 3 is 2.56 bits per heavy atom. The summed E-state index contributed by atoms with van der Waals surface area (Å²) in [7, 11) is 0. The minimum atomic E-state index is -0.688. The number of rotatable bonds is 4. The van der Waals surface area contributed by atoms with E-state index >= 15 is 0 Å². The molecule has 4 aromatic rings. The van der Waals surface area contributed by atoms with Crippen LogP contribution in [0.2, 0.25) is 0 Å². The zero-order valence-electron chi connectivity index (χ0n) is 18.2. The van der Waals surface area contributed by atoms with Crippen molar-refractivity contribution in [3.05, 3.63) is 83.4 Å². The second-order valence-corrected chi connectivity index (χ2v) is 9.69. The summed E-state index contributed by atoms with van der Waals surface area (Å²) in [5.74, 6) is -0.536. The highest BCUT2D eigenvalue weighted by molar-refractivity contribution is 6.07. The van der Waals surface area contributed by atoms with Gasteiger partial charge in [-0.15, -0.1) is 0 Å². The van der Waals surface area contributed by atoms with Crippen LogP contribution in [0, 0.1) is 0 Å². The van der Waals surface area contributed by atoms with Gasteiger partial charge in [0.2, 0.25) is 0 Å². The van der Waals surface area contributed by atoms with E-state index in [1.54, 1.807) is 0 Å². The number of carboxylic acid groups (broad SMARTS) is 1. The van der Waals surface area contributed by atoms with E-state index in [4.69, 9.17) is 0 Å². The van der Waals surface area contributed by atoms with Crippen molar-refractivity contribution in [1.82, 2.24) is 9.88 Å². The van der Waals surface area contributed by atoms with Crippen LogP contribution >= 0.6 is 0 Å². The first-order valence-electron chi connectivity index (χ1n) is 11.6. The maximum atomic E-state index is 11.4. The average molecular weight is 425 g/mol. The summed E-state index contributed by atoms with van der Waals surface area (Å²) in [5, 5.41) is 12.0. The summed E-state index contributed by atoms with van der Waals surface area (Å²) in [6.45, 7) is 3.08. The Kier molecular flexibility index (Phi) is 4.58. The summed E-state index contributed by atoms with van der Waals surface area (Å²) in [6.07, 6.45) is 3.44. The Bertz CT molecular complexity index is 1310. The fraction of sp³-hybridized carbons (Fsp3) is 0.321. The van der Waals surface area contributed by atoms with Crippen molar-refractivity contribution in [3.8, 4) is 0 Å². The molecule has 0 bridgehead atoms. The number of nitrogens with one attached hydrogen (secondary N) is 1. The minimum Gasteiger partial charge on any atom is -0.481 e. The first-order chi connectivity index (χ1) is 15.6. The van der Waals surface area contributed by atoms with E-state index < -0.39 is 5.97 Å². The number of carboxylic acids is 1. The number of likely N-dealkylation sites (tertiary alicyclic amines) is 1. The quantitative estimate of drug-likeness (QED) is 0.434. The zero-order valence-corrected chi connectivity index (χ0v) is 18.2. The Morgan fingerprint density at radius 1 is 0.969 bits per heavy atom. The fourth-order valence-corrected chi connectivity index (χ4v) is 6.28. The number of aromatic amines is 1. The highest BCUT2D eigenvalue weighted by atomic mass is 16.4. The van der Waals surface area contributed by atoms with Gasteiger partial charge in [-0.2, -0.15) is 0 Å². The van der Waals surface area contributed by atoms with Crippen LogP contribution in [-0.2, 0) is 16.8 Å². The lowest BCUT2D eigenvalue weighted by molar-refractivity contribution is -0.137. The van der Waals surface area contributed by atoms with E-state index in [-0.39, 0.29) is 17.8 Å². The summed E-state index contributed by atoms with van der Waals surface area (Å²) in [6, 6.07) is 23.9. The van der Waals surface area contributed by atoms with Crippen LogP contribution in [-0.4, -0.2) is 34.0 Å². The molecule has 4 nitrogen and oxygen atoms in total. The van der Waals surface area contributed by atoms with Gasteiger partial charge in [-0.1, -0.05) is 48.5 Å². The SMILES string of the molecule is O=C(O)CC1CC2(CCN(Cc3ccc4[nH]c5ccccc5c4c3)CC2)c2ccccc21. The number of H-pyrrole nitrogens is 1. The molecule has 162 valence electrons. The molecule has 1 atom stereocenters. The number of aromatic nitrogens is 1. The number of fused-ring (bicyclic) bond motifs is 5. The minimum absolute atomic E-state index is 0.147. The Balaban J connectivity index is 1.21. The van der Waals surface area contributed by atoms with Gasteiger partial charge < -0.3 is 10.1 Å². The monoisotopic (exact) mass is 424 g/mol. The van der Waals surface area contributed by atoms with Gasteiger partial charge in [0.05, 0.1) is 6.42 Å². The van der Waals surface area contributed by atoms with Crippen molar-refractivity contribution in [1.29, 1.82) is 0 Å². The van der Waals surface area contributed by atoms with Gasteiger partial charge in [-0.25, -0.2) is 0 Å². The molecule has 1 aliphatic carbocycles. The lowest BCUT2D eigenvalue weighted by Gasteiger charge is -2.40. The third-order valence-corrected chi connectivity index (χ3v) is 7.82. The molecule has 0 saturated carbocycles. The van der Waals surface area contributed by atoms with Crippen LogP contribution < -0.4 is 0 Å². The lowest BCUT2D eigenvalue weighted by atomic mass is 9.73. The zero-order chi connectivity index (χ0) is 21.7. The van der Waals surface area contributed by atoms with Gasteiger partial charge in [0.1, 0.15) is 0 Å². The summed E-state index contributed by atoms with van der Waals surface area (Å²) in [4.78, 5) is 17.5. The maximum absolute atomic E-state index is 11.4. The predicted molar refractivity (Wildman–Crippen MR) is 128 cm³/mol. The molecular formula is C28H28N2O2. The molecule has 2 aliphatic rings. The van der Waals surface area contributed by atoms with Gasteiger partial charge in [0.15, 0.2) is 0 Å². The standard InChI is InChI=1S/C28H28N2O2/c31-27(32)16-20-17-28(24-7-3-1-5-21(20)24)11-13-30(14-12-28)18-19-9-10-26-23(15-19)22-6-2-4-8-25(22)29-26/h1-10,15,20,29H,11-14,16-18H2,(H,31,32). The van der Waals surface area contributed by atoms with Gasteiger partial charge in [0, 0.05) is 28.4 Å². The normalized spacial score (nSPS) is 20.2. The number of para-hydroxylation sites is 1. The van der Waals surface area contributed by atoms with E-state index in [2.05, 4.69) is 76.6 Å². The summed E-state index contributed by atoms with van der Waals surface area (Å²) >= 11 is 0. The third-order valence-electron chi connectivity index (χ3n) is 7.82. The molecule has 0 amide bonds. The van der Waals surface area contributed by atoms with Crippen LogP contribution in [0.5, 0.6) is 0 Å². The number of carbonyl (C=O) groups is 1. The number of hydrogen-bond acceptors (Lipinski definition) is 2. The first kappa shape index (κ1) is 19.6. The molecule has 0 radical (unpaired) electrons. The Hall–Kier alpha value is -3.11. The van der Waals surface area contributed by atoms with Crippen molar-refractivity contribution in [3.63, 3.8) is 0 Å². The molecule has 6 rings (SSSR count). The summed E-state index contributed by atoms with van der Waals surface area (Å²) < 4.78 is 0. The van der Waals surface area contributed by atoms with Gasteiger partial charge in [0.25, 0.3) is 0 Å². The first-order valence-corrected chi connectivity index (χ1v) is 11.6. The highest BCUT2D eigenvalue weighted by Crippen LogP contribution is 2.52. The van der Waals surface area contributed by atoms with E-state index in [1.807, 2.05) is 0 Å². The van der Waals surface area contributed by atoms with Crippen molar-refractivity contribution in [2.75, 3.05) is 13.1 Å². The number of hydrogen-bond donors (Lipinski definition) is 2. The van der Waals surface area contributed by atoms with E-state index in [0.717, 1.165) is 38.9 Å². The smallest absolute Gasteiger partial charge is 0.303 e. The van der Waals surface area contributed by atoms with Crippen LogP contribution in [0.15, 0.2) is 66.7 Å². The molecule has 3 aromatic carbocycles. The molecule has 1 unspecified atom stereocenters. The van der Waals surface area contributed by atoms with Crippen molar-refractivity contribution >= 4 is 27.8 Å². The molecule has 1 aliphatic heterocycles. The average Bonchev–Trinajstić information content (AvgIpc) is 3.31. The summed E-state index contributed by atoms with van der Waals surface area (Å²) in [5.41, 5.74) is 6.57. The molecule has 32 heavy (non-hydrogen) atoms. The molecule has 1 fully saturated rings. The number of piperidine rings is 1. The Labute approximate surface area is 187 Å². The van der Waals surface area contributed by atoms with Crippen LogP contribution in [0.4, 0.5) is 0 Å². The number of nitrogens with zero attached hydrogens (tertiary/aromatic N) is 1. The van der Waals surface area contributed by atoms with Crippen molar-refractivity contribution < 1.29 is 9.90 Å². The number of aliphatic carboxylic acids is 1. The second kappa shape index (κ2) is 7.49. The topological polar surface area (TPSA) is 56.3 Å². The highest BCUT2D eigenvalue weighted by Gasteiger charge is 2.45. The lowest BCUT2D eigenvalue weighted by Crippen LogP contribution is -2.41. The largest absolute Gasteiger partial charge is 0.481 e. The van der Waals surface area contributed by atoms with Gasteiger partial charge in [-0.3, -0.25) is 9.69 Å². The molecule has 1 spiro atoms. The molecule has 2 N–H and O–H groups in total. The van der Waals surface area contributed by atoms with Crippen LogP contribution in [0.25, 0.3) is 21.8 Å². The molecule has 2 heterocycles. The molecular weight excluding hydrogens is 396 g/mol. The molecule has 1 aromatic heterocycles. The third kappa shape index (κ3) is 3.21. The van der Waals surface area contributed by atoms with Crippen molar-refractivity contribution in [2.45, 2.75) is 43.6 Å². The Morgan fingerprint density at radius 2 is 1.72 bits per heavy atom. The van der Waals surface area contributed by atoms with Gasteiger partial charge in [-0.05, 0) is 78.6 Å². The predicted octanol–water partition coefficient (Wildman–Crippen LogP) is 5.82. The second-order valence-electron chi connectivity index (χ2n) is 9.69. The maximum Gasteiger partial charge on any atom is 0.303 e. The van der Waals surface area contributed by atoms with Gasteiger partial charge >= 0.3 is 5.97 Å². The van der Waals surface area contributed by atoms with E-state index in [9.17, 15) is 9.90 Å². The number of benzene rings is 3.